The Bertz CT molecular complexity index is 505. The SMILES string of the molecule is Cc1nc(C)c(C[S@@](=O)CC(=O)N2CCC(C)CC2)s1. The highest BCUT2D eigenvalue weighted by Crippen LogP contribution is 2.20. The summed E-state index contributed by atoms with van der Waals surface area (Å²) >= 11 is 1.58. The zero-order valence-electron chi connectivity index (χ0n) is 12.3. The fourth-order valence-corrected chi connectivity index (χ4v) is 4.82. The number of nitrogens with zero attached hydrogens (tertiary/aromatic N) is 2. The fraction of sp³-hybridized carbons (Fsp3) is 0.714. The van der Waals surface area contributed by atoms with Crippen molar-refractivity contribution >= 4 is 28.0 Å². The number of hydrogen-bond donors (Lipinski definition) is 0. The van der Waals surface area contributed by atoms with Crippen molar-refractivity contribution in [1.82, 2.24) is 9.88 Å². The molecule has 1 atom stereocenters. The number of piperidine rings is 1. The summed E-state index contributed by atoms with van der Waals surface area (Å²) in [7, 11) is -1.13. The Kier molecular flexibility index (Phi) is 5.32. The molecule has 4 nitrogen and oxygen atoms in total. The minimum Gasteiger partial charge on any atom is -0.342 e. The monoisotopic (exact) mass is 314 g/mol. The van der Waals surface area contributed by atoms with E-state index in [1.807, 2.05) is 18.7 Å². The van der Waals surface area contributed by atoms with E-state index in [2.05, 4.69) is 11.9 Å². The molecule has 0 bridgehead atoms. The van der Waals surface area contributed by atoms with E-state index in [1.165, 1.54) is 0 Å². The molecule has 112 valence electrons. The maximum atomic E-state index is 12.1. The summed E-state index contributed by atoms with van der Waals surface area (Å²) in [5.41, 5.74) is 0.945. The van der Waals surface area contributed by atoms with Gasteiger partial charge in [0, 0.05) is 28.8 Å². The van der Waals surface area contributed by atoms with Gasteiger partial charge in [-0.2, -0.15) is 0 Å². The average Bonchev–Trinajstić information content (AvgIpc) is 2.68. The van der Waals surface area contributed by atoms with Crippen LogP contribution in [0, 0.1) is 19.8 Å². The lowest BCUT2D eigenvalue weighted by Gasteiger charge is -2.30. The van der Waals surface area contributed by atoms with Crippen molar-refractivity contribution in [3.8, 4) is 0 Å². The maximum absolute atomic E-state index is 12.1. The molecular weight excluding hydrogens is 292 g/mol. The lowest BCUT2D eigenvalue weighted by atomic mass is 9.99. The van der Waals surface area contributed by atoms with Gasteiger partial charge < -0.3 is 4.90 Å². The van der Waals surface area contributed by atoms with Crippen molar-refractivity contribution in [2.24, 2.45) is 5.92 Å². The van der Waals surface area contributed by atoms with Crippen LogP contribution in [0.4, 0.5) is 0 Å². The highest BCUT2D eigenvalue weighted by Gasteiger charge is 2.22. The molecule has 0 N–H and O–H groups in total. The minimum absolute atomic E-state index is 0.0362. The number of thiazole rings is 1. The topological polar surface area (TPSA) is 50.3 Å². The summed E-state index contributed by atoms with van der Waals surface area (Å²) in [5, 5.41) is 0.992. The number of aromatic nitrogens is 1. The molecule has 0 unspecified atom stereocenters. The zero-order chi connectivity index (χ0) is 14.7. The molecule has 1 aromatic rings. The molecule has 6 heteroatoms. The predicted molar refractivity (Wildman–Crippen MR) is 83.3 cm³/mol. The van der Waals surface area contributed by atoms with Gasteiger partial charge in [-0.3, -0.25) is 9.00 Å². The second-order valence-electron chi connectivity index (χ2n) is 5.53. The van der Waals surface area contributed by atoms with E-state index in [-0.39, 0.29) is 11.7 Å². The van der Waals surface area contributed by atoms with Gasteiger partial charge in [0.15, 0.2) is 0 Å². The lowest BCUT2D eigenvalue weighted by molar-refractivity contribution is -0.129. The molecule has 0 aliphatic carbocycles. The second kappa shape index (κ2) is 6.80. The summed E-state index contributed by atoms with van der Waals surface area (Å²) in [4.78, 5) is 19.4. The molecule has 2 rings (SSSR count). The van der Waals surface area contributed by atoms with E-state index in [9.17, 15) is 9.00 Å². The average molecular weight is 314 g/mol. The summed E-state index contributed by atoms with van der Waals surface area (Å²) in [5.74, 6) is 1.33. The Morgan fingerprint density at radius 1 is 1.40 bits per heavy atom. The molecule has 0 aromatic carbocycles. The quantitative estimate of drug-likeness (QED) is 0.856. The van der Waals surface area contributed by atoms with Crippen molar-refractivity contribution in [3.05, 3.63) is 15.6 Å². The predicted octanol–water partition coefficient (Wildman–Crippen LogP) is 2.27. The van der Waals surface area contributed by atoms with Crippen LogP contribution in [0.25, 0.3) is 0 Å². The molecule has 0 radical (unpaired) electrons. The number of likely N-dealkylation sites (tertiary alicyclic amines) is 1. The van der Waals surface area contributed by atoms with Crippen LogP contribution in [0.1, 0.15) is 35.3 Å². The first-order valence-corrected chi connectivity index (χ1v) is 9.32. The maximum Gasteiger partial charge on any atom is 0.235 e. The summed E-state index contributed by atoms with van der Waals surface area (Å²) in [6.07, 6.45) is 2.12. The van der Waals surface area contributed by atoms with Crippen molar-refractivity contribution in [2.45, 2.75) is 39.4 Å². The smallest absolute Gasteiger partial charge is 0.235 e. The van der Waals surface area contributed by atoms with Crippen molar-refractivity contribution in [2.75, 3.05) is 18.8 Å². The molecule has 20 heavy (non-hydrogen) atoms. The standard InChI is InChI=1S/C14H22N2O2S2/c1-10-4-6-16(7-5-10)14(17)9-20(18)8-13-11(2)15-12(3)19-13/h10H,4-9H2,1-3H3/t20-/m1/s1. The van der Waals surface area contributed by atoms with Crippen LogP contribution in [0.15, 0.2) is 0 Å². The van der Waals surface area contributed by atoms with Crippen molar-refractivity contribution < 1.29 is 9.00 Å². The summed E-state index contributed by atoms with van der Waals surface area (Å²) < 4.78 is 12.1. The van der Waals surface area contributed by atoms with Gasteiger partial charge in [-0.05, 0) is 32.6 Å². The second-order valence-corrected chi connectivity index (χ2v) is 8.28. The highest BCUT2D eigenvalue weighted by molar-refractivity contribution is 7.85. The Labute approximate surface area is 127 Å². The molecule has 0 saturated carbocycles. The lowest BCUT2D eigenvalue weighted by Crippen LogP contribution is -2.40. The molecule has 0 spiro atoms. The van der Waals surface area contributed by atoms with E-state index < -0.39 is 10.8 Å². The minimum atomic E-state index is -1.13. The molecule has 1 fully saturated rings. The normalized spacial score (nSPS) is 18.2. The van der Waals surface area contributed by atoms with Crippen molar-refractivity contribution in [3.63, 3.8) is 0 Å². The molecule has 2 heterocycles. The third-order valence-corrected chi connectivity index (χ3v) is 6.15. The van der Waals surface area contributed by atoms with Crippen molar-refractivity contribution in [1.29, 1.82) is 0 Å². The van der Waals surface area contributed by atoms with Gasteiger partial charge in [0.05, 0.1) is 16.5 Å². The molecule has 1 aliphatic heterocycles. The van der Waals surface area contributed by atoms with Gasteiger partial charge in [0.1, 0.15) is 5.75 Å². The van der Waals surface area contributed by atoms with Crippen LogP contribution in [-0.4, -0.2) is 38.8 Å². The zero-order valence-corrected chi connectivity index (χ0v) is 14.0. The Morgan fingerprint density at radius 2 is 2.05 bits per heavy atom. The van der Waals surface area contributed by atoms with Gasteiger partial charge in [0.2, 0.25) is 5.91 Å². The molecule has 1 saturated heterocycles. The third-order valence-electron chi connectivity index (χ3n) is 3.71. The highest BCUT2D eigenvalue weighted by atomic mass is 32.2. The first-order valence-electron chi connectivity index (χ1n) is 7.01. The van der Waals surface area contributed by atoms with Gasteiger partial charge in [0.25, 0.3) is 0 Å². The Balaban J connectivity index is 1.85. The third kappa shape index (κ3) is 4.12. The first-order chi connectivity index (χ1) is 9.45. The van der Waals surface area contributed by atoms with Gasteiger partial charge >= 0.3 is 0 Å². The van der Waals surface area contributed by atoms with Gasteiger partial charge in [-0.25, -0.2) is 4.98 Å². The first kappa shape index (κ1) is 15.6. The molecule has 1 aromatic heterocycles. The van der Waals surface area contributed by atoms with Crippen LogP contribution in [-0.2, 0) is 21.3 Å². The number of carbonyl (C=O) groups is 1. The fourth-order valence-electron chi connectivity index (χ4n) is 2.39. The number of hydrogen-bond acceptors (Lipinski definition) is 4. The van der Waals surface area contributed by atoms with Crippen LogP contribution >= 0.6 is 11.3 Å². The van der Waals surface area contributed by atoms with E-state index in [0.717, 1.165) is 41.5 Å². The van der Waals surface area contributed by atoms with Gasteiger partial charge in [-0.15, -0.1) is 11.3 Å². The number of rotatable bonds is 4. The van der Waals surface area contributed by atoms with E-state index in [1.54, 1.807) is 11.3 Å². The van der Waals surface area contributed by atoms with Crippen LogP contribution < -0.4 is 0 Å². The largest absolute Gasteiger partial charge is 0.342 e. The Hall–Kier alpha value is -0.750. The number of aryl methyl sites for hydroxylation is 2. The molecular formula is C14H22N2O2S2. The van der Waals surface area contributed by atoms with Crippen LogP contribution in [0.3, 0.4) is 0 Å². The van der Waals surface area contributed by atoms with Crippen LogP contribution in [0.2, 0.25) is 0 Å². The number of carbonyl (C=O) groups excluding carboxylic acids is 1. The number of amides is 1. The summed E-state index contributed by atoms with van der Waals surface area (Å²) in [6.45, 7) is 7.73. The van der Waals surface area contributed by atoms with E-state index in [0.29, 0.717) is 11.7 Å². The Morgan fingerprint density at radius 3 is 2.60 bits per heavy atom. The summed E-state index contributed by atoms with van der Waals surface area (Å²) in [6, 6.07) is 0. The van der Waals surface area contributed by atoms with Gasteiger partial charge in [-0.1, -0.05) is 6.92 Å². The van der Waals surface area contributed by atoms with E-state index in [4.69, 9.17) is 0 Å². The van der Waals surface area contributed by atoms with E-state index >= 15 is 0 Å². The molecule has 1 aliphatic rings. The molecule has 1 amide bonds. The van der Waals surface area contributed by atoms with Crippen LogP contribution in [0.5, 0.6) is 0 Å².